The fraction of sp³-hybridized carbons (Fsp3) is 0.417. The van der Waals surface area contributed by atoms with E-state index < -0.39 is 6.10 Å². The van der Waals surface area contributed by atoms with Crippen LogP contribution in [0.25, 0.3) is 0 Å². The van der Waals surface area contributed by atoms with Crippen LogP contribution in [0.15, 0.2) is 24.5 Å². The number of hydrogen-bond donors (Lipinski definition) is 1. The number of aliphatic hydroxyl groups is 1. The van der Waals surface area contributed by atoms with Gasteiger partial charge in [-0.1, -0.05) is 32.6 Å². The average molecular weight is 191 g/mol. The second kappa shape index (κ2) is 8.28. The molecule has 2 heteroatoms. The summed E-state index contributed by atoms with van der Waals surface area (Å²) in [5.41, 5.74) is 0.838. The lowest BCUT2D eigenvalue weighted by Gasteiger charge is -1.93. The predicted octanol–water partition coefficient (Wildman–Crippen LogP) is 2.23. The molecule has 0 aromatic carbocycles. The number of rotatable bonds is 1. The fourth-order valence-corrected chi connectivity index (χ4v) is 0.705. The van der Waals surface area contributed by atoms with Crippen LogP contribution < -0.4 is 0 Å². The van der Waals surface area contributed by atoms with Crippen LogP contribution >= 0.6 is 0 Å². The van der Waals surface area contributed by atoms with E-state index in [9.17, 15) is 0 Å². The van der Waals surface area contributed by atoms with E-state index in [0.29, 0.717) is 6.42 Å². The molecule has 0 saturated heterocycles. The third kappa shape index (κ3) is 5.34. The minimum absolute atomic E-state index is 0.523. The van der Waals surface area contributed by atoms with E-state index in [-0.39, 0.29) is 0 Å². The van der Waals surface area contributed by atoms with Crippen molar-refractivity contribution in [1.82, 2.24) is 4.98 Å². The lowest BCUT2D eigenvalue weighted by atomic mass is 10.2. The summed E-state index contributed by atoms with van der Waals surface area (Å²) in [5.74, 6) is 5.55. The fourth-order valence-electron chi connectivity index (χ4n) is 0.705. The van der Waals surface area contributed by atoms with Crippen LogP contribution in [-0.2, 0) is 0 Å². The molecule has 76 valence electrons. The Balaban J connectivity index is 0.000000791. The first-order valence-corrected chi connectivity index (χ1v) is 4.92. The largest absolute Gasteiger partial charge is 0.380 e. The van der Waals surface area contributed by atoms with Gasteiger partial charge in [-0.15, -0.1) is 0 Å². The zero-order chi connectivity index (χ0) is 10.8. The van der Waals surface area contributed by atoms with Crippen LogP contribution in [0.4, 0.5) is 0 Å². The number of pyridine rings is 1. The Bertz CT molecular complexity index is 284. The van der Waals surface area contributed by atoms with Crippen LogP contribution in [0.5, 0.6) is 0 Å². The molecular formula is C12H17NO. The van der Waals surface area contributed by atoms with Crippen molar-refractivity contribution in [2.75, 3.05) is 0 Å². The summed E-state index contributed by atoms with van der Waals surface area (Å²) in [5, 5.41) is 9.13. The summed E-state index contributed by atoms with van der Waals surface area (Å²) in [7, 11) is 0. The van der Waals surface area contributed by atoms with Crippen molar-refractivity contribution in [2.24, 2.45) is 0 Å². The Morgan fingerprint density at radius 2 is 2.21 bits per heavy atom. The summed E-state index contributed by atoms with van der Waals surface area (Å²) in [6.07, 6.45) is 3.51. The molecular weight excluding hydrogens is 174 g/mol. The summed E-state index contributed by atoms with van der Waals surface area (Å²) in [6, 6.07) is 3.69. The van der Waals surface area contributed by atoms with Crippen molar-refractivity contribution in [3.8, 4) is 11.8 Å². The first kappa shape index (κ1) is 12.7. The molecule has 1 N–H and O–H groups in total. The topological polar surface area (TPSA) is 33.1 Å². The molecule has 1 heterocycles. The maximum Gasteiger partial charge on any atom is 0.114 e. The third-order valence-electron chi connectivity index (χ3n) is 1.43. The molecule has 1 atom stereocenters. The number of aromatic nitrogens is 1. The molecule has 1 unspecified atom stereocenters. The van der Waals surface area contributed by atoms with Gasteiger partial charge in [0.05, 0.1) is 0 Å². The molecule has 0 radical (unpaired) electrons. The first-order chi connectivity index (χ1) is 6.83. The molecule has 0 spiro atoms. The summed E-state index contributed by atoms with van der Waals surface area (Å²) in [4.78, 5) is 3.90. The summed E-state index contributed by atoms with van der Waals surface area (Å²) < 4.78 is 0. The standard InChI is InChI=1S/C10H11NO.C2H6/c1-2-10(12)6-5-9-4-3-7-11-8-9;1-2/h3-4,7-8,10,12H,2H2,1H3;1-2H3. The Morgan fingerprint density at radius 3 is 2.71 bits per heavy atom. The van der Waals surface area contributed by atoms with Gasteiger partial charge in [0.1, 0.15) is 6.10 Å². The van der Waals surface area contributed by atoms with E-state index in [1.165, 1.54) is 0 Å². The van der Waals surface area contributed by atoms with Gasteiger partial charge in [0.15, 0.2) is 0 Å². The Labute approximate surface area is 86.0 Å². The first-order valence-electron chi connectivity index (χ1n) is 4.92. The predicted molar refractivity (Wildman–Crippen MR) is 58.8 cm³/mol. The van der Waals surface area contributed by atoms with Gasteiger partial charge in [-0.05, 0) is 18.6 Å². The molecule has 14 heavy (non-hydrogen) atoms. The monoisotopic (exact) mass is 191 g/mol. The number of hydrogen-bond acceptors (Lipinski definition) is 2. The van der Waals surface area contributed by atoms with Gasteiger partial charge in [-0.3, -0.25) is 4.98 Å². The summed E-state index contributed by atoms with van der Waals surface area (Å²) in [6.45, 7) is 5.89. The second-order valence-corrected chi connectivity index (χ2v) is 2.44. The van der Waals surface area contributed by atoms with Crippen molar-refractivity contribution in [1.29, 1.82) is 0 Å². The zero-order valence-corrected chi connectivity index (χ0v) is 8.99. The highest BCUT2D eigenvalue weighted by molar-refractivity contribution is 5.31. The number of nitrogens with zero attached hydrogens (tertiary/aromatic N) is 1. The highest BCUT2D eigenvalue weighted by atomic mass is 16.3. The van der Waals surface area contributed by atoms with Gasteiger partial charge in [0, 0.05) is 18.0 Å². The van der Waals surface area contributed by atoms with Crippen molar-refractivity contribution in [3.05, 3.63) is 30.1 Å². The van der Waals surface area contributed by atoms with Crippen LogP contribution in [0.2, 0.25) is 0 Å². The quantitative estimate of drug-likeness (QED) is 0.690. The smallest absolute Gasteiger partial charge is 0.114 e. The number of aliphatic hydroxyl groups excluding tert-OH is 1. The normalized spacial score (nSPS) is 10.3. The minimum Gasteiger partial charge on any atom is -0.380 e. The molecule has 0 aliphatic heterocycles. The molecule has 0 aliphatic carbocycles. The van der Waals surface area contributed by atoms with Crippen LogP contribution in [0.1, 0.15) is 32.8 Å². The molecule has 0 bridgehead atoms. The highest BCUT2D eigenvalue weighted by Crippen LogP contribution is 1.93. The van der Waals surface area contributed by atoms with Gasteiger partial charge in [-0.25, -0.2) is 0 Å². The Kier molecular flexibility index (Phi) is 7.49. The molecule has 0 saturated carbocycles. The molecule has 1 rings (SSSR count). The lowest BCUT2D eigenvalue weighted by molar-refractivity contribution is 0.228. The second-order valence-electron chi connectivity index (χ2n) is 2.44. The SMILES string of the molecule is CC.CCC(O)C#Cc1cccnc1. The molecule has 0 amide bonds. The van der Waals surface area contributed by atoms with Crippen LogP contribution in [0.3, 0.4) is 0 Å². The molecule has 1 aromatic heterocycles. The maximum atomic E-state index is 9.13. The molecule has 1 aromatic rings. The average Bonchev–Trinajstić information content (AvgIpc) is 2.30. The molecule has 2 nitrogen and oxygen atoms in total. The van der Waals surface area contributed by atoms with Gasteiger partial charge >= 0.3 is 0 Å². The van der Waals surface area contributed by atoms with Gasteiger partial charge in [-0.2, -0.15) is 0 Å². The van der Waals surface area contributed by atoms with E-state index in [1.54, 1.807) is 12.4 Å². The van der Waals surface area contributed by atoms with Crippen LogP contribution in [-0.4, -0.2) is 16.2 Å². The van der Waals surface area contributed by atoms with E-state index in [4.69, 9.17) is 5.11 Å². The molecule has 0 fully saturated rings. The van der Waals surface area contributed by atoms with E-state index >= 15 is 0 Å². The van der Waals surface area contributed by atoms with Crippen molar-refractivity contribution in [2.45, 2.75) is 33.3 Å². The van der Waals surface area contributed by atoms with E-state index in [2.05, 4.69) is 16.8 Å². The van der Waals surface area contributed by atoms with Crippen molar-refractivity contribution < 1.29 is 5.11 Å². The Hall–Kier alpha value is -1.33. The zero-order valence-electron chi connectivity index (χ0n) is 8.99. The van der Waals surface area contributed by atoms with Crippen LogP contribution in [0, 0.1) is 11.8 Å². The van der Waals surface area contributed by atoms with Gasteiger partial charge in [0.25, 0.3) is 0 Å². The lowest BCUT2D eigenvalue weighted by Crippen LogP contribution is -1.98. The molecule has 0 aliphatic rings. The maximum absolute atomic E-state index is 9.13. The van der Waals surface area contributed by atoms with Crippen molar-refractivity contribution in [3.63, 3.8) is 0 Å². The van der Waals surface area contributed by atoms with E-state index in [1.807, 2.05) is 32.9 Å². The Morgan fingerprint density at radius 1 is 1.50 bits per heavy atom. The minimum atomic E-state index is -0.523. The third-order valence-corrected chi connectivity index (χ3v) is 1.43. The van der Waals surface area contributed by atoms with Gasteiger partial charge in [0.2, 0.25) is 0 Å². The summed E-state index contributed by atoms with van der Waals surface area (Å²) >= 11 is 0. The van der Waals surface area contributed by atoms with Crippen molar-refractivity contribution >= 4 is 0 Å². The van der Waals surface area contributed by atoms with E-state index in [0.717, 1.165) is 5.56 Å². The highest BCUT2D eigenvalue weighted by Gasteiger charge is 1.90. The van der Waals surface area contributed by atoms with Gasteiger partial charge < -0.3 is 5.11 Å².